The highest BCUT2D eigenvalue weighted by atomic mass is 35.5. The molecule has 0 saturated heterocycles. The molecule has 0 aliphatic rings. The van der Waals surface area contributed by atoms with E-state index in [4.69, 9.17) is 16.6 Å². The van der Waals surface area contributed by atoms with Gasteiger partial charge in [0.2, 0.25) is 0 Å². The van der Waals surface area contributed by atoms with Crippen LogP contribution in [-0.2, 0) is 0 Å². The molecule has 2 aromatic carbocycles. The maximum atomic E-state index is 11.4. The minimum atomic E-state index is -1.06. The minimum Gasteiger partial charge on any atom is -0.478 e. The Morgan fingerprint density at radius 1 is 1.09 bits per heavy atom. The summed E-state index contributed by atoms with van der Waals surface area (Å²) in [5.41, 5.74) is 2.82. The highest BCUT2D eigenvalue weighted by Gasteiger charge is 2.18. The number of carboxylic acids is 1. The Labute approximate surface area is 188 Å². The molecule has 0 saturated carbocycles. The van der Waals surface area contributed by atoms with Gasteiger partial charge >= 0.3 is 5.97 Å². The number of hydrogen-bond acceptors (Lipinski definition) is 6. The van der Waals surface area contributed by atoms with E-state index < -0.39 is 5.97 Å². The first-order valence-electron chi connectivity index (χ1n) is 9.52. The van der Waals surface area contributed by atoms with Gasteiger partial charge in [-0.05, 0) is 68.2 Å². The van der Waals surface area contributed by atoms with Crippen LogP contribution >= 0.6 is 11.6 Å². The number of hydrogen-bond donors (Lipinski definition) is 1. The zero-order valence-corrected chi connectivity index (χ0v) is 17.7. The van der Waals surface area contributed by atoms with E-state index in [1.54, 1.807) is 24.4 Å². The van der Waals surface area contributed by atoms with Gasteiger partial charge in [-0.25, -0.2) is 14.8 Å². The number of aliphatic imine (C=N–C) groups is 2. The van der Waals surface area contributed by atoms with Crippen molar-refractivity contribution in [3.8, 4) is 28.6 Å². The smallest absolute Gasteiger partial charge is 0.335 e. The quantitative estimate of drug-likeness (QED) is 0.400. The van der Waals surface area contributed by atoms with E-state index in [0.29, 0.717) is 39.4 Å². The molecular formula is C23H17ClN6O2. The SMILES string of the molecule is C=Nc1ccc(-c2nc(-c3ccc(Cl)cc3)n(-c3cc(C(=O)O)ccn3)n2)cc1N=CC. The van der Waals surface area contributed by atoms with E-state index in [2.05, 4.69) is 26.8 Å². The van der Waals surface area contributed by atoms with Gasteiger partial charge in [0.15, 0.2) is 17.5 Å². The van der Waals surface area contributed by atoms with E-state index >= 15 is 0 Å². The normalized spacial score (nSPS) is 11.1. The molecule has 2 aromatic heterocycles. The molecule has 0 aliphatic carbocycles. The number of aromatic nitrogens is 4. The second kappa shape index (κ2) is 8.91. The summed E-state index contributed by atoms with van der Waals surface area (Å²) >= 11 is 6.04. The molecular weight excluding hydrogens is 428 g/mol. The summed E-state index contributed by atoms with van der Waals surface area (Å²) in [6.07, 6.45) is 3.09. The van der Waals surface area contributed by atoms with Crippen molar-refractivity contribution >= 4 is 41.9 Å². The maximum Gasteiger partial charge on any atom is 0.335 e. The Bertz CT molecular complexity index is 1350. The van der Waals surface area contributed by atoms with E-state index in [1.165, 1.54) is 23.0 Å². The van der Waals surface area contributed by atoms with Crippen LogP contribution in [0.2, 0.25) is 5.02 Å². The summed E-state index contributed by atoms with van der Waals surface area (Å²) in [6, 6.07) is 15.4. The molecule has 8 nitrogen and oxygen atoms in total. The zero-order chi connectivity index (χ0) is 22.7. The molecule has 4 aromatic rings. The van der Waals surface area contributed by atoms with Gasteiger partial charge in [-0.1, -0.05) is 11.6 Å². The fraction of sp³-hybridized carbons (Fsp3) is 0.0435. The van der Waals surface area contributed by atoms with Crippen molar-refractivity contribution in [3.05, 3.63) is 71.4 Å². The van der Waals surface area contributed by atoms with E-state index in [1.807, 2.05) is 31.2 Å². The molecule has 0 atom stereocenters. The van der Waals surface area contributed by atoms with Crippen LogP contribution in [0.3, 0.4) is 0 Å². The number of benzene rings is 2. The van der Waals surface area contributed by atoms with Gasteiger partial charge in [0.1, 0.15) is 0 Å². The van der Waals surface area contributed by atoms with Gasteiger partial charge in [-0.3, -0.25) is 9.98 Å². The Morgan fingerprint density at radius 2 is 1.84 bits per heavy atom. The predicted octanol–water partition coefficient (Wildman–Crippen LogP) is 5.40. The van der Waals surface area contributed by atoms with Gasteiger partial charge in [-0.2, -0.15) is 4.68 Å². The van der Waals surface area contributed by atoms with E-state index in [0.717, 1.165) is 5.56 Å². The monoisotopic (exact) mass is 444 g/mol. The molecule has 0 spiro atoms. The second-order valence-corrected chi connectivity index (χ2v) is 7.07. The number of carboxylic acid groups (broad SMARTS) is 1. The number of halogens is 1. The number of carbonyl (C=O) groups is 1. The lowest BCUT2D eigenvalue weighted by Crippen LogP contribution is -2.05. The fourth-order valence-electron chi connectivity index (χ4n) is 3.09. The van der Waals surface area contributed by atoms with Gasteiger partial charge in [0.05, 0.1) is 16.9 Å². The van der Waals surface area contributed by atoms with Crippen LogP contribution in [0.1, 0.15) is 17.3 Å². The summed E-state index contributed by atoms with van der Waals surface area (Å²) in [5.74, 6) is 0.167. The molecule has 32 heavy (non-hydrogen) atoms. The largest absolute Gasteiger partial charge is 0.478 e. The molecule has 0 radical (unpaired) electrons. The summed E-state index contributed by atoms with van der Waals surface area (Å²) in [5, 5.41) is 14.6. The molecule has 4 rings (SSSR count). The standard InChI is InChI=1S/C23H17ClN6O2/c1-3-26-19-12-15(6-9-18(19)25-2)21-28-22(14-4-7-17(24)8-5-14)30(29-21)20-13-16(23(31)32)10-11-27-20/h3-13H,2H2,1H3,(H,31,32). The van der Waals surface area contributed by atoms with Crippen LogP contribution in [0.5, 0.6) is 0 Å². The van der Waals surface area contributed by atoms with Crippen LogP contribution in [0, 0.1) is 0 Å². The molecule has 0 amide bonds. The van der Waals surface area contributed by atoms with Crippen molar-refractivity contribution in [3.63, 3.8) is 0 Å². The summed E-state index contributed by atoms with van der Waals surface area (Å²) < 4.78 is 1.51. The van der Waals surface area contributed by atoms with Crippen molar-refractivity contribution in [1.82, 2.24) is 19.7 Å². The maximum absolute atomic E-state index is 11.4. The molecule has 0 unspecified atom stereocenters. The third kappa shape index (κ3) is 4.17. The lowest BCUT2D eigenvalue weighted by Gasteiger charge is -2.06. The first-order chi connectivity index (χ1) is 15.5. The molecule has 9 heteroatoms. The average Bonchev–Trinajstić information content (AvgIpc) is 3.25. The van der Waals surface area contributed by atoms with Gasteiger partial charge in [0, 0.05) is 28.6 Å². The number of aromatic carboxylic acids is 1. The third-order valence-corrected chi connectivity index (χ3v) is 4.84. The van der Waals surface area contributed by atoms with Crippen LogP contribution in [0.4, 0.5) is 11.4 Å². The highest BCUT2D eigenvalue weighted by molar-refractivity contribution is 6.30. The van der Waals surface area contributed by atoms with Crippen molar-refractivity contribution in [2.75, 3.05) is 0 Å². The van der Waals surface area contributed by atoms with Crippen LogP contribution in [-0.4, -0.2) is 43.8 Å². The lowest BCUT2D eigenvalue weighted by molar-refractivity contribution is 0.0696. The van der Waals surface area contributed by atoms with Gasteiger partial charge < -0.3 is 5.11 Å². The van der Waals surface area contributed by atoms with Crippen LogP contribution < -0.4 is 0 Å². The molecule has 0 bridgehead atoms. The van der Waals surface area contributed by atoms with E-state index in [-0.39, 0.29) is 5.56 Å². The Kier molecular flexibility index (Phi) is 5.87. The third-order valence-electron chi connectivity index (χ3n) is 4.59. The van der Waals surface area contributed by atoms with Crippen molar-refractivity contribution in [1.29, 1.82) is 0 Å². The topological polar surface area (TPSA) is 106 Å². The Balaban J connectivity index is 1.91. The fourth-order valence-corrected chi connectivity index (χ4v) is 3.21. The van der Waals surface area contributed by atoms with Gasteiger partial charge in [0.25, 0.3) is 0 Å². The number of pyridine rings is 1. The molecule has 2 heterocycles. The summed E-state index contributed by atoms with van der Waals surface area (Å²) in [6.45, 7) is 5.39. The molecule has 0 aliphatic heterocycles. The Morgan fingerprint density at radius 3 is 2.53 bits per heavy atom. The molecule has 0 fully saturated rings. The van der Waals surface area contributed by atoms with Crippen molar-refractivity contribution < 1.29 is 9.90 Å². The second-order valence-electron chi connectivity index (χ2n) is 6.63. The lowest BCUT2D eigenvalue weighted by atomic mass is 10.1. The molecule has 1 N–H and O–H groups in total. The highest BCUT2D eigenvalue weighted by Crippen LogP contribution is 2.33. The average molecular weight is 445 g/mol. The van der Waals surface area contributed by atoms with Crippen molar-refractivity contribution in [2.45, 2.75) is 6.92 Å². The molecule has 158 valence electrons. The first-order valence-corrected chi connectivity index (χ1v) is 9.90. The van der Waals surface area contributed by atoms with Crippen LogP contribution in [0.25, 0.3) is 28.6 Å². The van der Waals surface area contributed by atoms with E-state index in [9.17, 15) is 9.90 Å². The summed E-state index contributed by atoms with van der Waals surface area (Å²) in [7, 11) is 0. The summed E-state index contributed by atoms with van der Waals surface area (Å²) in [4.78, 5) is 28.8. The first kappa shape index (κ1) is 21.1. The van der Waals surface area contributed by atoms with Gasteiger partial charge in [-0.15, -0.1) is 5.10 Å². The zero-order valence-electron chi connectivity index (χ0n) is 17.0. The minimum absolute atomic E-state index is 0.0927. The number of nitrogens with zero attached hydrogens (tertiary/aromatic N) is 6. The van der Waals surface area contributed by atoms with Crippen LogP contribution in [0.15, 0.2) is 70.8 Å². The van der Waals surface area contributed by atoms with Crippen molar-refractivity contribution in [2.24, 2.45) is 9.98 Å². The Hall–Kier alpha value is -4.17. The predicted molar refractivity (Wildman–Crippen MR) is 125 cm³/mol. The number of rotatable bonds is 6.